The minimum absolute atomic E-state index is 0.725. The monoisotopic (exact) mass is 253 g/mol. The van der Waals surface area contributed by atoms with Crippen LogP contribution < -0.4 is 5.73 Å². The number of likely N-dealkylation sites (tertiary alicyclic amines) is 2. The van der Waals surface area contributed by atoms with Gasteiger partial charge in [-0.25, -0.2) is 0 Å². The largest absolute Gasteiger partial charge is 0.330 e. The Kier molecular flexibility index (Phi) is 5.46. The van der Waals surface area contributed by atoms with Crippen LogP contribution in [0.3, 0.4) is 0 Å². The molecule has 0 bridgehead atoms. The molecule has 0 saturated carbocycles. The van der Waals surface area contributed by atoms with E-state index in [-0.39, 0.29) is 0 Å². The fourth-order valence-corrected chi connectivity index (χ4v) is 3.58. The van der Waals surface area contributed by atoms with Crippen molar-refractivity contribution in [1.29, 1.82) is 0 Å². The quantitative estimate of drug-likeness (QED) is 0.829. The summed E-state index contributed by atoms with van der Waals surface area (Å²) in [6, 6.07) is 0.828. The van der Waals surface area contributed by atoms with Crippen LogP contribution in [0, 0.1) is 11.8 Å². The molecule has 2 N–H and O–H groups in total. The zero-order chi connectivity index (χ0) is 13.0. The highest BCUT2D eigenvalue weighted by atomic mass is 15.2. The Morgan fingerprint density at radius 3 is 2.72 bits per heavy atom. The number of hydrogen-bond donors (Lipinski definition) is 1. The third-order valence-electron chi connectivity index (χ3n) is 5.20. The van der Waals surface area contributed by atoms with E-state index in [1.165, 1.54) is 58.3 Å². The van der Waals surface area contributed by atoms with Crippen LogP contribution in [-0.2, 0) is 0 Å². The van der Waals surface area contributed by atoms with Gasteiger partial charge in [0.2, 0.25) is 0 Å². The van der Waals surface area contributed by atoms with Crippen molar-refractivity contribution in [3.8, 4) is 0 Å². The van der Waals surface area contributed by atoms with Crippen molar-refractivity contribution >= 4 is 0 Å². The van der Waals surface area contributed by atoms with Gasteiger partial charge in [-0.3, -0.25) is 0 Å². The SMILES string of the molecule is CC1CCN(CCC2CCCCN2C)CC1CN. The second kappa shape index (κ2) is 6.88. The van der Waals surface area contributed by atoms with Crippen LogP contribution in [0.5, 0.6) is 0 Å². The van der Waals surface area contributed by atoms with Gasteiger partial charge in [-0.15, -0.1) is 0 Å². The lowest BCUT2D eigenvalue weighted by Gasteiger charge is -2.39. The third kappa shape index (κ3) is 3.69. The van der Waals surface area contributed by atoms with E-state index >= 15 is 0 Å². The van der Waals surface area contributed by atoms with Gasteiger partial charge < -0.3 is 15.5 Å². The summed E-state index contributed by atoms with van der Waals surface area (Å²) in [4.78, 5) is 5.22. The van der Waals surface area contributed by atoms with Crippen molar-refractivity contribution in [2.45, 2.75) is 45.1 Å². The van der Waals surface area contributed by atoms with Crippen LogP contribution in [0.1, 0.15) is 39.0 Å². The third-order valence-corrected chi connectivity index (χ3v) is 5.20. The molecular weight excluding hydrogens is 222 g/mol. The molecule has 2 rings (SSSR count). The van der Waals surface area contributed by atoms with Gasteiger partial charge in [0.05, 0.1) is 0 Å². The van der Waals surface area contributed by atoms with Crippen LogP contribution in [0.25, 0.3) is 0 Å². The first kappa shape index (κ1) is 14.3. The maximum Gasteiger partial charge on any atom is 0.0104 e. The average Bonchev–Trinajstić information content (AvgIpc) is 2.39. The molecule has 3 atom stereocenters. The number of rotatable bonds is 4. The van der Waals surface area contributed by atoms with Crippen molar-refractivity contribution in [2.75, 3.05) is 39.8 Å². The molecule has 0 aromatic heterocycles. The van der Waals surface area contributed by atoms with Crippen LogP contribution in [0.4, 0.5) is 0 Å². The lowest BCUT2D eigenvalue weighted by atomic mass is 9.87. The molecule has 0 radical (unpaired) electrons. The summed E-state index contributed by atoms with van der Waals surface area (Å²) in [5.74, 6) is 1.55. The van der Waals surface area contributed by atoms with Crippen molar-refractivity contribution < 1.29 is 0 Å². The van der Waals surface area contributed by atoms with Gasteiger partial charge in [0.25, 0.3) is 0 Å². The molecular formula is C15H31N3. The molecule has 2 aliphatic heterocycles. The van der Waals surface area contributed by atoms with Gasteiger partial charge in [0.15, 0.2) is 0 Å². The fourth-order valence-electron chi connectivity index (χ4n) is 3.58. The molecule has 0 aromatic rings. The molecule has 0 aromatic carbocycles. The van der Waals surface area contributed by atoms with Gasteiger partial charge in [0, 0.05) is 12.6 Å². The molecule has 3 nitrogen and oxygen atoms in total. The Morgan fingerprint density at radius 2 is 2.00 bits per heavy atom. The second-order valence-corrected chi connectivity index (χ2v) is 6.48. The number of piperidine rings is 2. The smallest absolute Gasteiger partial charge is 0.0104 e. The van der Waals surface area contributed by atoms with Crippen molar-refractivity contribution in [1.82, 2.24) is 9.80 Å². The lowest BCUT2D eigenvalue weighted by Crippen LogP contribution is -2.45. The molecule has 3 unspecified atom stereocenters. The molecule has 0 aliphatic carbocycles. The van der Waals surface area contributed by atoms with E-state index in [9.17, 15) is 0 Å². The average molecular weight is 253 g/mol. The molecule has 0 spiro atoms. The van der Waals surface area contributed by atoms with E-state index < -0.39 is 0 Å². The molecule has 106 valence electrons. The summed E-state index contributed by atoms with van der Waals surface area (Å²) >= 11 is 0. The maximum absolute atomic E-state index is 5.88. The molecule has 2 heterocycles. The van der Waals surface area contributed by atoms with Crippen molar-refractivity contribution in [2.24, 2.45) is 17.6 Å². The van der Waals surface area contributed by atoms with Crippen molar-refractivity contribution in [3.05, 3.63) is 0 Å². The van der Waals surface area contributed by atoms with Gasteiger partial charge in [0.1, 0.15) is 0 Å². The van der Waals surface area contributed by atoms with Crippen LogP contribution in [-0.4, -0.2) is 55.6 Å². The summed E-state index contributed by atoms with van der Waals surface area (Å²) in [6.45, 7) is 8.32. The molecule has 2 aliphatic rings. The first-order chi connectivity index (χ1) is 8.70. The Morgan fingerprint density at radius 1 is 1.17 bits per heavy atom. The predicted molar refractivity (Wildman–Crippen MR) is 77.7 cm³/mol. The van der Waals surface area contributed by atoms with Crippen LogP contribution in [0.2, 0.25) is 0 Å². The van der Waals surface area contributed by atoms with E-state index in [2.05, 4.69) is 23.8 Å². The molecule has 2 saturated heterocycles. The van der Waals surface area contributed by atoms with Gasteiger partial charge in [-0.1, -0.05) is 13.3 Å². The van der Waals surface area contributed by atoms with E-state index in [0.29, 0.717) is 0 Å². The number of nitrogens with two attached hydrogens (primary N) is 1. The highest BCUT2D eigenvalue weighted by Gasteiger charge is 2.26. The standard InChI is InChI=1S/C15H31N3/c1-13-6-9-18(12-14(13)11-16)10-7-15-5-3-4-8-17(15)2/h13-15H,3-12,16H2,1-2H3. The number of hydrogen-bond acceptors (Lipinski definition) is 3. The highest BCUT2D eigenvalue weighted by Crippen LogP contribution is 2.24. The Hall–Kier alpha value is -0.120. The summed E-state index contributed by atoms with van der Waals surface area (Å²) in [7, 11) is 2.30. The predicted octanol–water partition coefficient (Wildman–Crippen LogP) is 1.78. The fraction of sp³-hybridized carbons (Fsp3) is 1.00. The Balaban J connectivity index is 1.73. The summed E-state index contributed by atoms with van der Waals surface area (Å²) < 4.78 is 0. The van der Waals surface area contributed by atoms with Crippen LogP contribution >= 0.6 is 0 Å². The van der Waals surface area contributed by atoms with E-state index in [4.69, 9.17) is 5.73 Å². The highest BCUT2D eigenvalue weighted by molar-refractivity contribution is 4.81. The Bertz CT molecular complexity index is 244. The molecule has 3 heteroatoms. The van der Waals surface area contributed by atoms with E-state index in [1.807, 2.05) is 0 Å². The Labute approximate surface area is 113 Å². The zero-order valence-electron chi connectivity index (χ0n) is 12.3. The van der Waals surface area contributed by atoms with Gasteiger partial charge in [-0.05, 0) is 70.7 Å². The maximum atomic E-state index is 5.88. The molecule has 18 heavy (non-hydrogen) atoms. The minimum atomic E-state index is 0.725. The number of nitrogens with zero attached hydrogens (tertiary/aromatic N) is 2. The van der Waals surface area contributed by atoms with Gasteiger partial charge >= 0.3 is 0 Å². The van der Waals surface area contributed by atoms with Gasteiger partial charge in [-0.2, -0.15) is 0 Å². The second-order valence-electron chi connectivity index (χ2n) is 6.48. The summed E-state index contributed by atoms with van der Waals surface area (Å²) in [5, 5.41) is 0. The zero-order valence-corrected chi connectivity index (χ0v) is 12.3. The normalized spacial score (nSPS) is 35.8. The van der Waals surface area contributed by atoms with E-state index in [0.717, 1.165) is 24.4 Å². The molecule has 2 fully saturated rings. The summed E-state index contributed by atoms with van der Waals surface area (Å²) in [5.41, 5.74) is 5.88. The summed E-state index contributed by atoms with van der Waals surface area (Å²) in [6.07, 6.45) is 6.91. The minimum Gasteiger partial charge on any atom is -0.330 e. The lowest BCUT2D eigenvalue weighted by molar-refractivity contribution is 0.107. The first-order valence-electron chi connectivity index (χ1n) is 7.83. The van der Waals surface area contributed by atoms with E-state index in [1.54, 1.807) is 0 Å². The van der Waals surface area contributed by atoms with Crippen LogP contribution in [0.15, 0.2) is 0 Å². The van der Waals surface area contributed by atoms with Crippen molar-refractivity contribution in [3.63, 3.8) is 0 Å². The first-order valence-corrected chi connectivity index (χ1v) is 7.83. The molecule has 0 amide bonds. The topological polar surface area (TPSA) is 32.5 Å².